The molecule has 0 atom stereocenters. The largest absolute Gasteiger partial charge is 0.490 e. The number of ether oxygens (including phenoxy) is 1. The van der Waals surface area contributed by atoms with E-state index in [1.54, 1.807) is 0 Å². The quantitative estimate of drug-likeness (QED) is 0.685. The lowest BCUT2D eigenvalue weighted by Crippen LogP contribution is -2.23. The van der Waals surface area contributed by atoms with E-state index in [9.17, 15) is 9.59 Å². The molecule has 23 heavy (non-hydrogen) atoms. The van der Waals surface area contributed by atoms with Crippen LogP contribution in [0.5, 0.6) is 5.75 Å². The topological polar surface area (TPSA) is 75.6 Å². The van der Waals surface area contributed by atoms with Gasteiger partial charge in [-0.2, -0.15) is 0 Å². The minimum absolute atomic E-state index is 0.0499. The van der Waals surface area contributed by atoms with Crippen molar-refractivity contribution >= 4 is 11.9 Å². The number of rotatable bonds is 9. The van der Waals surface area contributed by atoms with Crippen LogP contribution >= 0.6 is 0 Å². The van der Waals surface area contributed by atoms with Crippen LogP contribution in [0.1, 0.15) is 56.9 Å². The van der Waals surface area contributed by atoms with E-state index in [-0.39, 0.29) is 12.3 Å². The van der Waals surface area contributed by atoms with Crippen molar-refractivity contribution in [3.63, 3.8) is 0 Å². The molecular weight excluding hydrogens is 294 g/mol. The number of aliphatic carboxylic acids is 1. The number of benzene rings is 1. The number of carbonyl (C=O) groups excluding carboxylic acids is 1. The second-order valence-corrected chi connectivity index (χ2v) is 6.01. The van der Waals surface area contributed by atoms with Gasteiger partial charge in [0.25, 0.3) is 0 Å². The molecule has 0 aliphatic heterocycles. The van der Waals surface area contributed by atoms with Crippen LogP contribution in [0.3, 0.4) is 0 Å². The predicted octanol–water partition coefficient (Wildman–Crippen LogP) is 3.27. The summed E-state index contributed by atoms with van der Waals surface area (Å²) in [5.41, 5.74) is 0.985. The Morgan fingerprint density at radius 3 is 2.57 bits per heavy atom. The molecule has 1 aliphatic rings. The van der Waals surface area contributed by atoms with Crippen LogP contribution in [-0.4, -0.2) is 23.1 Å². The van der Waals surface area contributed by atoms with Gasteiger partial charge in [0, 0.05) is 24.9 Å². The van der Waals surface area contributed by atoms with Crippen molar-refractivity contribution in [1.82, 2.24) is 5.32 Å². The van der Waals surface area contributed by atoms with Crippen LogP contribution in [0, 0.1) is 0 Å². The monoisotopic (exact) mass is 319 g/mol. The van der Waals surface area contributed by atoms with Crippen LogP contribution in [0.25, 0.3) is 0 Å². The summed E-state index contributed by atoms with van der Waals surface area (Å²) >= 11 is 0. The number of carbonyl (C=O) groups is 2. The molecule has 0 unspecified atom stereocenters. The highest BCUT2D eigenvalue weighted by Crippen LogP contribution is 2.26. The van der Waals surface area contributed by atoms with Crippen molar-refractivity contribution in [3.05, 3.63) is 29.8 Å². The highest BCUT2D eigenvalue weighted by Gasteiger charge is 2.17. The molecular formula is C18H25NO4. The summed E-state index contributed by atoms with van der Waals surface area (Å²) in [4.78, 5) is 22.2. The van der Waals surface area contributed by atoms with E-state index in [2.05, 4.69) is 5.32 Å². The number of para-hydroxylation sites is 1. The van der Waals surface area contributed by atoms with Crippen molar-refractivity contribution in [2.24, 2.45) is 0 Å². The van der Waals surface area contributed by atoms with E-state index in [0.717, 1.165) is 24.2 Å². The molecule has 1 aliphatic carbocycles. The Labute approximate surface area is 137 Å². The van der Waals surface area contributed by atoms with E-state index in [1.165, 1.54) is 12.8 Å². The van der Waals surface area contributed by atoms with Gasteiger partial charge < -0.3 is 15.2 Å². The minimum atomic E-state index is -0.816. The summed E-state index contributed by atoms with van der Waals surface area (Å²) in [5.74, 6) is -0.0139. The zero-order chi connectivity index (χ0) is 16.5. The summed E-state index contributed by atoms with van der Waals surface area (Å²) in [6.07, 6.45) is 6.55. The van der Waals surface area contributed by atoms with Gasteiger partial charge in [-0.05, 0) is 44.6 Å². The summed E-state index contributed by atoms with van der Waals surface area (Å²) in [6, 6.07) is 7.80. The van der Waals surface area contributed by atoms with Gasteiger partial charge in [-0.1, -0.05) is 18.2 Å². The summed E-state index contributed by atoms with van der Waals surface area (Å²) in [6.45, 7) is 0.445. The third-order valence-electron chi connectivity index (χ3n) is 4.09. The normalized spacial score (nSPS) is 14.6. The highest BCUT2D eigenvalue weighted by molar-refractivity contribution is 5.76. The molecule has 2 N–H and O–H groups in total. The zero-order valence-electron chi connectivity index (χ0n) is 13.4. The van der Waals surface area contributed by atoms with Gasteiger partial charge in [-0.15, -0.1) is 0 Å². The number of hydrogen-bond donors (Lipinski definition) is 2. The molecule has 0 bridgehead atoms. The molecule has 0 aromatic heterocycles. The second-order valence-electron chi connectivity index (χ2n) is 6.01. The lowest BCUT2D eigenvalue weighted by molar-refractivity contribution is -0.137. The molecule has 1 aromatic carbocycles. The van der Waals surface area contributed by atoms with Crippen molar-refractivity contribution < 1.29 is 19.4 Å². The molecule has 1 aromatic rings. The molecule has 0 spiro atoms. The second kappa shape index (κ2) is 9.18. The van der Waals surface area contributed by atoms with Gasteiger partial charge in [-0.3, -0.25) is 9.59 Å². The number of amides is 1. The summed E-state index contributed by atoms with van der Waals surface area (Å²) < 4.78 is 6.05. The number of nitrogens with one attached hydrogen (secondary N) is 1. The maximum atomic E-state index is 11.8. The van der Waals surface area contributed by atoms with Gasteiger partial charge in [0.05, 0.1) is 6.10 Å². The molecule has 0 radical (unpaired) electrons. The molecule has 2 rings (SSSR count). The van der Waals surface area contributed by atoms with Crippen LogP contribution in [0.4, 0.5) is 0 Å². The van der Waals surface area contributed by atoms with Gasteiger partial charge in [-0.25, -0.2) is 0 Å². The number of carboxylic acids is 1. The van der Waals surface area contributed by atoms with Gasteiger partial charge in [0.2, 0.25) is 5.91 Å². The first-order valence-corrected chi connectivity index (χ1v) is 8.38. The molecule has 1 amide bonds. The average Bonchev–Trinajstić information content (AvgIpc) is 3.03. The molecule has 126 valence electrons. The first-order valence-electron chi connectivity index (χ1n) is 8.38. The lowest BCUT2D eigenvalue weighted by Gasteiger charge is -2.16. The van der Waals surface area contributed by atoms with Gasteiger partial charge in [0.1, 0.15) is 5.75 Å². The van der Waals surface area contributed by atoms with E-state index in [4.69, 9.17) is 9.84 Å². The lowest BCUT2D eigenvalue weighted by atomic mass is 10.1. The fourth-order valence-electron chi connectivity index (χ4n) is 2.79. The zero-order valence-corrected chi connectivity index (χ0v) is 13.4. The standard InChI is InChI=1S/C18H25NO4/c20-17(11-5-6-12-18(21)22)19-13-14-7-1-4-10-16(14)23-15-8-2-3-9-15/h1,4,7,10,15H,2-3,5-6,8-9,11-13H2,(H,19,20)(H,21,22). The highest BCUT2D eigenvalue weighted by atomic mass is 16.5. The first-order chi connectivity index (χ1) is 11.1. The Morgan fingerprint density at radius 2 is 1.83 bits per heavy atom. The van der Waals surface area contributed by atoms with Crippen molar-refractivity contribution in [2.45, 2.75) is 64.0 Å². The Balaban J connectivity index is 1.76. The minimum Gasteiger partial charge on any atom is -0.490 e. The van der Waals surface area contributed by atoms with Gasteiger partial charge in [0.15, 0.2) is 0 Å². The van der Waals surface area contributed by atoms with Crippen LogP contribution in [-0.2, 0) is 16.1 Å². The van der Waals surface area contributed by atoms with Crippen LogP contribution in [0.15, 0.2) is 24.3 Å². The Kier molecular flexibility index (Phi) is 6.91. The average molecular weight is 319 g/mol. The van der Waals surface area contributed by atoms with E-state index >= 15 is 0 Å². The van der Waals surface area contributed by atoms with Crippen LogP contribution in [0.2, 0.25) is 0 Å². The Morgan fingerprint density at radius 1 is 1.13 bits per heavy atom. The molecule has 5 nitrogen and oxygen atoms in total. The smallest absolute Gasteiger partial charge is 0.303 e. The molecule has 5 heteroatoms. The molecule has 1 saturated carbocycles. The van der Waals surface area contributed by atoms with Crippen LogP contribution < -0.4 is 10.1 Å². The summed E-state index contributed by atoms with van der Waals surface area (Å²) in [5, 5.41) is 11.4. The van der Waals surface area contributed by atoms with Crippen molar-refractivity contribution in [2.75, 3.05) is 0 Å². The first kappa shape index (κ1) is 17.3. The van der Waals surface area contributed by atoms with E-state index in [1.807, 2.05) is 24.3 Å². The fourth-order valence-corrected chi connectivity index (χ4v) is 2.79. The number of unbranched alkanes of at least 4 members (excludes halogenated alkanes) is 1. The maximum absolute atomic E-state index is 11.8. The SMILES string of the molecule is O=C(O)CCCCC(=O)NCc1ccccc1OC1CCCC1. The predicted molar refractivity (Wildman–Crippen MR) is 87.3 cm³/mol. The summed E-state index contributed by atoms with van der Waals surface area (Å²) in [7, 11) is 0. The molecule has 0 heterocycles. The third kappa shape index (κ3) is 6.30. The number of hydrogen-bond acceptors (Lipinski definition) is 3. The third-order valence-corrected chi connectivity index (χ3v) is 4.09. The van der Waals surface area contributed by atoms with Gasteiger partial charge >= 0.3 is 5.97 Å². The van der Waals surface area contributed by atoms with E-state index < -0.39 is 5.97 Å². The molecule has 0 saturated heterocycles. The number of carboxylic acid groups (broad SMARTS) is 1. The fraction of sp³-hybridized carbons (Fsp3) is 0.556. The van der Waals surface area contributed by atoms with E-state index in [0.29, 0.717) is 31.9 Å². The Hall–Kier alpha value is -2.04. The molecule has 1 fully saturated rings. The Bertz CT molecular complexity index is 524. The van der Waals surface area contributed by atoms with Crippen molar-refractivity contribution in [1.29, 1.82) is 0 Å². The maximum Gasteiger partial charge on any atom is 0.303 e. The van der Waals surface area contributed by atoms with Crippen molar-refractivity contribution in [3.8, 4) is 5.75 Å².